The molecule has 2 heterocycles. The fraction of sp³-hybridized carbons (Fsp3) is 0.312. The molecule has 0 bridgehead atoms. The molecule has 126 valence electrons. The smallest absolute Gasteiger partial charge is 0.262 e. The lowest BCUT2D eigenvalue weighted by molar-refractivity contribution is 0.183. The number of methoxy groups -OCH3 is 1. The van der Waals surface area contributed by atoms with Crippen molar-refractivity contribution in [2.75, 3.05) is 13.7 Å². The maximum Gasteiger partial charge on any atom is 0.262 e. The van der Waals surface area contributed by atoms with Gasteiger partial charge < -0.3 is 9.26 Å². The zero-order valence-electron chi connectivity index (χ0n) is 13.3. The average molecular weight is 410 g/mol. The number of aromatic nitrogens is 3. The Morgan fingerprint density at radius 3 is 2.92 bits per heavy atom. The summed E-state index contributed by atoms with van der Waals surface area (Å²) in [6.45, 7) is 2.74. The van der Waals surface area contributed by atoms with E-state index in [2.05, 4.69) is 26.1 Å². The van der Waals surface area contributed by atoms with E-state index in [1.807, 2.05) is 25.1 Å². The Morgan fingerprint density at radius 2 is 2.21 bits per heavy atom. The minimum Gasteiger partial charge on any atom is -0.383 e. The van der Waals surface area contributed by atoms with Crippen molar-refractivity contribution in [2.24, 2.45) is 0 Å². The van der Waals surface area contributed by atoms with Crippen LogP contribution in [0, 0.1) is 6.92 Å². The van der Waals surface area contributed by atoms with Gasteiger partial charge in [0.25, 0.3) is 5.56 Å². The summed E-state index contributed by atoms with van der Waals surface area (Å²) in [6, 6.07) is 7.39. The third-order valence-electron chi connectivity index (χ3n) is 3.43. The molecule has 0 radical (unpaired) electrons. The third-order valence-corrected chi connectivity index (χ3v) is 4.93. The van der Waals surface area contributed by atoms with Gasteiger partial charge in [0.05, 0.1) is 29.7 Å². The van der Waals surface area contributed by atoms with Gasteiger partial charge in [-0.3, -0.25) is 9.36 Å². The second-order valence-electron chi connectivity index (χ2n) is 5.22. The van der Waals surface area contributed by atoms with Gasteiger partial charge in [0.1, 0.15) is 5.76 Å². The van der Waals surface area contributed by atoms with Gasteiger partial charge >= 0.3 is 0 Å². The van der Waals surface area contributed by atoms with Crippen LogP contribution in [0.25, 0.3) is 10.9 Å². The fourth-order valence-electron chi connectivity index (χ4n) is 2.29. The lowest BCUT2D eigenvalue weighted by atomic mass is 10.2. The predicted molar refractivity (Wildman–Crippen MR) is 96.4 cm³/mol. The number of hydrogen-bond donors (Lipinski definition) is 0. The molecule has 2 aromatic heterocycles. The Kier molecular flexibility index (Phi) is 5.37. The van der Waals surface area contributed by atoms with Crippen LogP contribution in [0.3, 0.4) is 0 Å². The molecule has 0 aliphatic carbocycles. The molecule has 0 unspecified atom stereocenters. The monoisotopic (exact) mass is 409 g/mol. The van der Waals surface area contributed by atoms with E-state index in [0.717, 1.165) is 15.9 Å². The molecule has 6 nitrogen and oxygen atoms in total. The van der Waals surface area contributed by atoms with E-state index >= 15 is 0 Å². The van der Waals surface area contributed by atoms with E-state index in [0.29, 0.717) is 35.0 Å². The summed E-state index contributed by atoms with van der Waals surface area (Å²) in [5.74, 6) is 1.34. The van der Waals surface area contributed by atoms with Gasteiger partial charge in [-0.15, -0.1) is 0 Å². The number of thioether (sulfide) groups is 1. The largest absolute Gasteiger partial charge is 0.383 e. The normalized spacial score (nSPS) is 11.3. The van der Waals surface area contributed by atoms with Gasteiger partial charge in [-0.05, 0) is 25.1 Å². The van der Waals surface area contributed by atoms with Gasteiger partial charge in [0, 0.05) is 23.4 Å². The SMILES string of the molecule is COCCn1c(SCc2cc(C)on2)nc2ccc(Br)cc2c1=O. The van der Waals surface area contributed by atoms with E-state index in [4.69, 9.17) is 9.26 Å². The first-order valence-electron chi connectivity index (χ1n) is 7.32. The molecule has 1 aromatic carbocycles. The minimum atomic E-state index is -0.0721. The predicted octanol–water partition coefficient (Wildman–Crippen LogP) is 3.39. The van der Waals surface area contributed by atoms with Crippen molar-refractivity contribution in [1.29, 1.82) is 0 Å². The first kappa shape index (κ1) is 17.2. The van der Waals surface area contributed by atoms with Crippen LogP contribution in [0.15, 0.2) is 43.2 Å². The lowest BCUT2D eigenvalue weighted by Crippen LogP contribution is -2.25. The zero-order chi connectivity index (χ0) is 17.1. The number of halogens is 1. The van der Waals surface area contributed by atoms with Crippen LogP contribution in [0.5, 0.6) is 0 Å². The van der Waals surface area contributed by atoms with Crippen molar-refractivity contribution < 1.29 is 9.26 Å². The maximum atomic E-state index is 12.8. The van der Waals surface area contributed by atoms with Crippen LogP contribution in [-0.4, -0.2) is 28.4 Å². The van der Waals surface area contributed by atoms with Gasteiger partial charge in [-0.2, -0.15) is 0 Å². The summed E-state index contributed by atoms with van der Waals surface area (Å²) < 4.78 is 12.7. The van der Waals surface area contributed by atoms with E-state index < -0.39 is 0 Å². The maximum absolute atomic E-state index is 12.8. The number of aryl methyl sites for hydroxylation is 1. The Labute approximate surface area is 151 Å². The van der Waals surface area contributed by atoms with Crippen molar-refractivity contribution in [1.82, 2.24) is 14.7 Å². The molecule has 8 heteroatoms. The standard InChI is InChI=1S/C16H16BrN3O3S/c1-10-7-12(19-23-10)9-24-16-18-14-4-3-11(17)8-13(14)15(21)20(16)5-6-22-2/h3-4,7-8H,5-6,9H2,1-2H3. The molecule has 0 amide bonds. The molecular weight excluding hydrogens is 394 g/mol. The highest BCUT2D eigenvalue weighted by Crippen LogP contribution is 2.23. The molecule has 3 aromatic rings. The lowest BCUT2D eigenvalue weighted by Gasteiger charge is -2.12. The van der Waals surface area contributed by atoms with E-state index in [9.17, 15) is 4.79 Å². The molecular formula is C16H16BrN3O3S. The van der Waals surface area contributed by atoms with Crippen molar-refractivity contribution in [3.63, 3.8) is 0 Å². The number of benzene rings is 1. The number of hydrogen-bond acceptors (Lipinski definition) is 6. The Balaban J connectivity index is 2.00. The topological polar surface area (TPSA) is 70.2 Å². The summed E-state index contributed by atoms with van der Waals surface area (Å²) in [6.07, 6.45) is 0. The minimum absolute atomic E-state index is 0.0721. The van der Waals surface area contributed by atoms with Crippen LogP contribution >= 0.6 is 27.7 Å². The molecule has 0 saturated heterocycles. The van der Waals surface area contributed by atoms with Gasteiger partial charge in [0.2, 0.25) is 0 Å². The summed E-state index contributed by atoms with van der Waals surface area (Å²) in [5.41, 5.74) is 1.42. The Bertz CT molecular complexity index is 923. The van der Waals surface area contributed by atoms with E-state index in [1.54, 1.807) is 17.7 Å². The molecule has 0 N–H and O–H groups in total. The van der Waals surface area contributed by atoms with Crippen molar-refractivity contribution >= 4 is 38.6 Å². The van der Waals surface area contributed by atoms with Crippen LogP contribution in [0.1, 0.15) is 11.5 Å². The van der Waals surface area contributed by atoms with Gasteiger partial charge in [-0.1, -0.05) is 32.8 Å². The number of rotatable bonds is 6. The molecule has 0 fully saturated rings. The first-order valence-corrected chi connectivity index (χ1v) is 9.10. The van der Waals surface area contributed by atoms with Gasteiger partial charge in [-0.25, -0.2) is 4.98 Å². The molecule has 0 saturated carbocycles. The fourth-order valence-corrected chi connectivity index (χ4v) is 3.55. The van der Waals surface area contributed by atoms with Crippen molar-refractivity contribution in [2.45, 2.75) is 24.4 Å². The second kappa shape index (κ2) is 7.50. The molecule has 0 spiro atoms. The van der Waals surface area contributed by atoms with Crippen LogP contribution in [0.2, 0.25) is 0 Å². The highest BCUT2D eigenvalue weighted by Gasteiger charge is 2.13. The Hall–Kier alpha value is -1.64. The van der Waals surface area contributed by atoms with Crippen molar-refractivity contribution in [3.8, 4) is 0 Å². The highest BCUT2D eigenvalue weighted by atomic mass is 79.9. The van der Waals surface area contributed by atoms with E-state index in [1.165, 1.54) is 11.8 Å². The highest BCUT2D eigenvalue weighted by molar-refractivity contribution is 9.10. The van der Waals surface area contributed by atoms with Crippen LogP contribution in [-0.2, 0) is 17.0 Å². The molecule has 24 heavy (non-hydrogen) atoms. The van der Waals surface area contributed by atoms with Crippen molar-refractivity contribution in [3.05, 3.63) is 50.5 Å². The second-order valence-corrected chi connectivity index (χ2v) is 7.08. The molecule has 0 aliphatic heterocycles. The summed E-state index contributed by atoms with van der Waals surface area (Å²) in [5, 5.41) is 5.21. The van der Waals surface area contributed by atoms with Gasteiger partial charge in [0.15, 0.2) is 5.16 Å². The van der Waals surface area contributed by atoms with E-state index in [-0.39, 0.29) is 5.56 Å². The van der Waals surface area contributed by atoms with Crippen LogP contribution < -0.4 is 5.56 Å². The Morgan fingerprint density at radius 1 is 1.38 bits per heavy atom. The number of ether oxygens (including phenoxy) is 1. The summed E-state index contributed by atoms with van der Waals surface area (Å²) in [7, 11) is 1.61. The molecule has 0 aliphatic rings. The number of nitrogens with zero attached hydrogens (tertiary/aromatic N) is 3. The third kappa shape index (κ3) is 3.71. The molecule has 3 rings (SSSR count). The average Bonchev–Trinajstić information content (AvgIpc) is 2.98. The zero-order valence-corrected chi connectivity index (χ0v) is 15.7. The molecule has 0 atom stereocenters. The quantitative estimate of drug-likeness (QED) is 0.458. The number of fused-ring (bicyclic) bond motifs is 1. The summed E-state index contributed by atoms with van der Waals surface area (Å²) >= 11 is 4.86. The van der Waals surface area contributed by atoms with Crippen LogP contribution in [0.4, 0.5) is 0 Å². The summed E-state index contributed by atoms with van der Waals surface area (Å²) in [4.78, 5) is 17.5. The first-order chi connectivity index (χ1) is 11.6.